The molecule has 62 valence electrons. The summed E-state index contributed by atoms with van der Waals surface area (Å²) in [5.74, 6) is -0.00832. The lowest BCUT2D eigenvalue weighted by atomic mass is 10.2. The summed E-state index contributed by atoms with van der Waals surface area (Å²) in [6, 6.07) is 4.48. The number of rotatable bonds is 0. The molecule has 1 N–H and O–H groups in total. The Morgan fingerprint density at radius 1 is 1.42 bits per heavy atom. The number of halogens is 2. The van der Waals surface area contributed by atoms with Crippen molar-refractivity contribution in [1.82, 2.24) is 0 Å². The molecule has 0 radical (unpaired) electrons. The largest absolute Gasteiger partial charge is 0.506 e. The minimum absolute atomic E-state index is 0.00832. The molecule has 0 amide bonds. The maximum atomic E-state index is 12.7. The SMILES string of the molecule is Oc1ccc2cc(F)sc2c1Cl. The molecule has 0 fully saturated rings. The first kappa shape index (κ1) is 7.83. The van der Waals surface area contributed by atoms with E-state index in [4.69, 9.17) is 11.6 Å². The molecule has 1 nitrogen and oxygen atoms in total. The molecule has 0 bridgehead atoms. The molecular weight excluding hydrogens is 199 g/mol. The Bertz CT molecular complexity index is 438. The summed E-state index contributed by atoms with van der Waals surface area (Å²) < 4.78 is 13.3. The van der Waals surface area contributed by atoms with Crippen LogP contribution < -0.4 is 0 Å². The highest BCUT2D eigenvalue weighted by atomic mass is 35.5. The molecule has 4 heteroatoms. The number of aromatic hydroxyl groups is 1. The predicted molar refractivity (Wildman–Crippen MR) is 48.5 cm³/mol. The fraction of sp³-hybridized carbons (Fsp3) is 0. The van der Waals surface area contributed by atoms with Crippen LogP contribution in [0.5, 0.6) is 5.75 Å². The van der Waals surface area contributed by atoms with E-state index < -0.39 is 0 Å². The first-order chi connectivity index (χ1) is 5.68. The van der Waals surface area contributed by atoms with E-state index in [1.165, 1.54) is 12.1 Å². The van der Waals surface area contributed by atoms with Crippen LogP contribution in [0.4, 0.5) is 4.39 Å². The second-order valence-electron chi connectivity index (χ2n) is 2.37. The molecule has 12 heavy (non-hydrogen) atoms. The highest BCUT2D eigenvalue weighted by molar-refractivity contribution is 7.18. The second-order valence-corrected chi connectivity index (χ2v) is 3.75. The molecule has 1 aromatic heterocycles. The monoisotopic (exact) mass is 202 g/mol. The standard InChI is InChI=1S/C8H4ClFOS/c9-7-5(11)2-1-4-3-6(10)12-8(4)7/h1-3,11H. The predicted octanol–water partition coefficient (Wildman–Crippen LogP) is 3.40. The molecule has 0 unspecified atom stereocenters. The van der Waals surface area contributed by atoms with Crippen LogP contribution in [0.2, 0.25) is 5.02 Å². The van der Waals surface area contributed by atoms with Crippen LogP contribution in [0, 0.1) is 5.13 Å². The second kappa shape index (κ2) is 2.61. The highest BCUT2D eigenvalue weighted by Gasteiger charge is 2.07. The van der Waals surface area contributed by atoms with Crippen molar-refractivity contribution in [3.8, 4) is 5.75 Å². The van der Waals surface area contributed by atoms with E-state index in [1.807, 2.05) is 0 Å². The molecule has 0 saturated heterocycles. The van der Waals surface area contributed by atoms with Gasteiger partial charge in [-0.05, 0) is 23.6 Å². The van der Waals surface area contributed by atoms with Gasteiger partial charge < -0.3 is 5.11 Å². The van der Waals surface area contributed by atoms with Crippen molar-refractivity contribution >= 4 is 33.0 Å². The van der Waals surface area contributed by atoms with Crippen LogP contribution in [0.1, 0.15) is 0 Å². The lowest BCUT2D eigenvalue weighted by molar-refractivity contribution is 0.476. The van der Waals surface area contributed by atoms with E-state index in [0.29, 0.717) is 4.70 Å². The fourth-order valence-electron chi connectivity index (χ4n) is 1.03. The smallest absolute Gasteiger partial charge is 0.177 e. The summed E-state index contributed by atoms with van der Waals surface area (Å²) in [6.07, 6.45) is 0. The van der Waals surface area contributed by atoms with E-state index in [0.717, 1.165) is 16.7 Å². The molecule has 0 aliphatic carbocycles. The van der Waals surface area contributed by atoms with Gasteiger partial charge in [-0.15, -0.1) is 11.3 Å². The van der Waals surface area contributed by atoms with Crippen LogP contribution in [0.25, 0.3) is 10.1 Å². The third-order valence-electron chi connectivity index (χ3n) is 1.58. The Labute approximate surface area is 77.0 Å². The van der Waals surface area contributed by atoms with E-state index in [1.54, 1.807) is 6.07 Å². The summed E-state index contributed by atoms with van der Waals surface area (Å²) in [5, 5.41) is 9.83. The molecule has 0 spiro atoms. The number of thiophene rings is 1. The first-order valence-electron chi connectivity index (χ1n) is 3.25. The van der Waals surface area contributed by atoms with Gasteiger partial charge in [0.2, 0.25) is 0 Å². The zero-order chi connectivity index (χ0) is 8.72. The lowest BCUT2D eigenvalue weighted by Crippen LogP contribution is -1.67. The fourth-order valence-corrected chi connectivity index (χ4v) is 2.13. The van der Waals surface area contributed by atoms with E-state index >= 15 is 0 Å². The normalized spacial score (nSPS) is 10.8. The van der Waals surface area contributed by atoms with Gasteiger partial charge in [-0.2, -0.15) is 4.39 Å². The van der Waals surface area contributed by atoms with Crippen LogP contribution in [-0.4, -0.2) is 5.11 Å². The summed E-state index contributed by atoms with van der Waals surface area (Å²) in [7, 11) is 0. The number of benzene rings is 1. The zero-order valence-electron chi connectivity index (χ0n) is 5.84. The van der Waals surface area contributed by atoms with E-state index in [9.17, 15) is 9.50 Å². The summed E-state index contributed by atoms with van der Waals surface area (Å²) in [4.78, 5) is 0. The molecule has 0 atom stereocenters. The molecule has 0 saturated carbocycles. The Morgan fingerprint density at radius 2 is 2.17 bits per heavy atom. The number of hydrogen-bond acceptors (Lipinski definition) is 2. The number of phenolic OH excluding ortho intramolecular Hbond substituents is 1. The zero-order valence-corrected chi connectivity index (χ0v) is 7.42. The van der Waals surface area contributed by atoms with Crippen LogP contribution in [0.15, 0.2) is 18.2 Å². The minimum atomic E-state index is -0.294. The molecule has 1 heterocycles. The summed E-state index contributed by atoms with van der Waals surface area (Å²) in [6.45, 7) is 0. The summed E-state index contributed by atoms with van der Waals surface area (Å²) in [5.41, 5.74) is 0. The van der Waals surface area contributed by atoms with E-state index in [-0.39, 0.29) is 15.9 Å². The van der Waals surface area contributed by atoms with Crippen molar-refractivity contribution in [1.29, 1.82) is 0 Å². The van der Waals surface area contributed by atoms with Crippen LogP contribution in [0.3, 0.4) is 0 Å². The van der Waals surface area contributed by atoms with Gasteiger partial charge in [-0.3, -0.25) is 0 Å². The molecule has 0 aliphatic heterocycles. The third-order valence-corrected chi connectivity index (χ3v) is 3.03. The van der Waals surface area contributed by atoms with Crippen LogP contribution >= 0.6 is 22.9 Å². The van der Waals surface area contributed by atoms with Crippen molar-refractivity contribution < 1.29 is 9.50 Å². The molecular formula is C8H4ClFOS. The van der Waals surface area contributed by atoms with Crippen molar-refractivity contribution in [3.05, 3.63) is 28.4 Å². The van der Waals surface area contributed by atoms with Gasteiger partial charge in [0.05, 0.1) is 4.70 Å². The van der Waals surface area contributed by atoms with Gasteiger partial charge in [-0.1, -0.05) is 11.6 Å². The van der Waals surface area contributed by atoms with Crippen molar-refractivity contribution in [2.75, 3.05) is 0 Å². The quantitative estimate of drug-likeness (QED) is 0.694. The highest BCUT2D eigenvalue weighted by Crippen LogP contribution is 2.36. The molecule has 0 aliphatic rings. The minimum Gasteiger partial charge on any atom is -0.506 e. The van der Waals surface area contributed by atoms with E-state index in [2.05, 4.69) is 0 Å². The van der Waals surface area contributed by atoms with Gasteiger partial charge in [-0.25, -0.2) is 0 Å². The van der Waals surface area contributed by atoms with Crippen molar-refractivity contribution in [2.45, 2.75) is 0 Å². The average Bonchev–Trinajstić information content (AvgIpc) is 2.39. The lowest BCUT2D eigenvalue weighted by Gasteiger charge is -1.95. The van der Waals surface area contributed by atoms with Gasteiger partial charge in [0.15, 0.2) is 5.13 Å². The number of fused-ring (bicyclic) bond motifs is 1. The first-order valence-corrected chi connectivity index (χ1v) is 4.44. The van der Waals surface area contributed by atoms with Gasteiger partial charge in [0, 0.05) is 0 Å². The molecule has 2 rings (SSSR count). The topological polar surface area (TPSA) is 20.2 Å². The maximum Gasteiger partial charge on any atom is 0.177 e. The summed E-state index contributed by atoms with van der Waals surface area (Å²) >= 11 is 6.67. The Hall–Kier alpha value is -0.800. The molecule has 1 aromatic carbocycles. The Morgan fingerprint density at radius 3 is 2.92 bits per heavy atom. The Kier molecular flexibility index (Phi) is 1.70. The van der Waals surface area contributed by atoms with Crippen LogP contribution in [-0.2, 0) is 0 Å². The Balaban J connectivity index is 2.89. The maximum absolute atomic E-state index is 12.7. The van der Waals surface area contributed by atoms with Gasteiger partial charge in [0.1, 0.15) is 10.8 Å². The molecule has 2 aromatic rings. The third kappa shape index (κ3) is 1.06. The number of phenols is 1. The van der Waals surface area contributed by atoms with Crippen molar-refractivity contribution in [3.63, 3.8) is 0 Å². The van der Waals surface area contributed by atoms with Gasteiger partial charge in [0.25, 0.3) is 0 Å². The van der Waals surface area contributed by atoms with Gasteiger partial charge >= 0.3 is 0 Å². The average molecular weight is 203 g/mol. The number of hydrogen-bond donors (Lipinski definition) is 1. The van der Waals surface area contributed by atoms with Crippen molar-refractivity contribution in [2.24, 2.45) is 0 Å².